The molecule has 39 heavy (non-hydrogen) atoms. The largest absolute Gasteiger partial charge is 0.480 e. The molecule has 5 N–H and O–H groups in total. The number of hydrogen-bond donors (Lipinski definition) is 4. The first-order valence-corrected chi connectivity index (χ1v) is 11.6. The number of aliphatic carboxylic acids is 3. The summed E-state index contributed by atoms with van der Waals surface area (Å²) in [7, 11) is 0. The SMILES string of the molecule is N[C@@H](CC(F)(F)CC1CC1)C(=O)O.O=C(O[C@@H](C(=O)O)[C@@H](OC(=O)c1ccccc1)C(=O)O)c1ccccc1. The number of nitrogens with two attached hydrogens (primary N) is 1. The van der Waals surface area contributed by atoms with Gasteiger partial charge in [-0.25, -0.2) is 28.0 Å². The second kappa shape index (κ2) is 14.0. The lowest BCUT2D eigenvalue weighted by atomic mass is 10.0. The van der Waals surface area contributed by atoms with Crippen LogP contribution in [0.5, 0.6) is 0 Å². The molecule has 3 atom stereocenters. The highest BCUT2D eigenvalue weighted by molar-refractivity contribution is 5.95. The lowest BCUT2D eigenvalue weighted by molar-refractivity contribution is -0.166. The number of benzene rings is 2. The molecule has 2 aromatic rings. The number of carboxylic acid groups (broad SMARTS) is 3. The molecule has 0 radical (unpaired) electrons. The predicted molar refractivity (Wildman–Crippen MR) is 129 cm³/mol. The third-order valence-corrected chi connectivity index (χ3v) is 5.37. The molecule has 1 aliphatic carbocycles. The summed E-state index contributed by atoms with van der Waals surface area (Å²) in [5.74, 6) is -9.84. The van der Waals surface area contributed by atoms with E-state index in [0.29, 0.717) is 0 Å². The van der Waals surface area contributed by atoms with Gasteiger partial charge in [-0.15, -0.1) is 0 Å². The Labute approximate surface area is 221 Å². The molecule has 0 unspecified atom stereocenters. The van der Waals surface area contributed by atoms with E-state index in [0.717, 1.165) is 12.8 Å². The summed E-state index contributed by atoms with van der Waals surface area (Å²) in [5, 5.41) is 26.8. The minimum Gasteiger partial charge on any atom is -0.480 e. The molecule has 0 saturated heterocycles. The smallest absolute Gasteiger partial charge is 0.349 e. The predicted octanol–water partition coefficient (Wildman–Crippen LogP) is 2.83. The van der Waals surface area contributed by atoms with Crippen molar-refractivity contribution in [3.63, 3.8) is 0 Å². The van der Waals surface area contributed by atoms with Crippen LogP contribution >= 0.6 is 0 Å². The van der Waals surface area contributed by atoms with Crippen molar-refractivity contribution in [2.24, 2.45) is 11.7 Å². The van der Waals surface area contributed by atoms with E-state index < -0.39 is 60.4 Å². The van der Waals surface area contributed by atoms with Crippen LogP contribution in [0.25, 0.3) is 0 Å². The average Bonchev–Trinajstić information content (AvgIpc) is 3.69. The molecule has 13 heteroatoms. The van der Waals surface area contributed by atoms with Gasteiger partial charge in [0.25, 0.3) is 5.92 Å². The van der Waals surface area contributed by atoms with E-state index in [4.69, 9.17) is 20.3 Å². The van der Waals surface area contributed by atoms with Crippen LogP contribution in [0.15, 0.2) is 60.7 Å². The molecule has 1 saturated carbocycles. The monoisotopic (exact) mass is 551 g/mol. The molecule has 0 aromatic heterocycles. The van der Waals surface area contributed by atoms with Crippen molar-refractivity contribution in [3.8, 4) is 0 Å². The van der Waals surface area contributed by atoms with E-state index in [1.807, 2.05) is 0 Å². The lowest BCUT2D eigenvalue weighted by Gasteiger charge is -2.21. The van der Waals surface area contributed by atoms with Crippen molar-refractivity contribution in [1.29, 1.82) is 0 Å². The van der Waals surface area contributed by atoms with Crippen molar-refractivity contribution >= 4 is 29.8 Å². The van der Waals surface area contributed by atoms with Crippen molar-refractivity contribution in [2.45, 2.75) is 49.9 Å². The second-order valence-corrected chi connectivity index (χ2v) is 8.71. The van der Waals surface area contributed by atoms with Gasteiger partial charge in [0.05, 0.1) is 11.1 Å². The Kier molecular flexibility index (Phi) is 11.0. The Morgan fingerprint density at radius 2 is 1.15 bits per heavy atom. The van der Waals surface area contributed by atoms with Gasteiger partial charge in [-0.05, 0) is 43.0 Å². The van der Waals surface area contributed by atoms with Gasteiger partial charge >= 0.3 is 29.8 Å². The number of carbonyl (C=O) groups excluding carboxylic acids is 2. The van der Waals surface area contributed by atoms with Gasteiger partial charge in [-0.1, -0.05) is 36.4 Å². The fourth-order valence-corrected chi connectivity index (χ4v) is 3.24. The van der Waals surface area contributed by atoms with Gasteiger partial charge in [0.1, 0.15) is 6.04 Å². The summed E-state index contributed by atoms with van der Waals surface area (Å²) in [6.07, 6.45) is -3.73. The minimum atomic E-state index is -2.92. The third kappa shape index (κ3) is 10.5. The molecule has 0 spiro atoms. The highest BCUT2D eigenvalue weighted by Gasteiger charge is 2.41. The van der Waals surface area contributed by atoms with Crippen molar-refractivity contribution in [2.75, 3.05) is 0 Å². The first-order chi connectivity index (χ1) is 18.3. The van der Waals surface area contributed by atoms with Crippen LogP contribution in [-0.2, 0) is 23.9 Å². The fraction of sp³-hybridized carbons (Fsp3) is 0.346. The first-order valence-electron chi connectivity index (χ1n) is 11.6. The van der Waals surface area contributed by atoms with Gasteiger partial charge in [0.15, 0.2) is 0 Å². The third-order valence-electron chi connectivity index (χ3n) is 5.37. The fourth-order valence-electron chi connectivity index (χ4n) is 3.24. The molecule has 0 amide bonds. The van der Waals surface area contributed by atoms with E-state index in [2.05, 4.69) is 0 Å². The van der Waals surface area contributed by atoms with Crippen molar-refractivity contribution in [3.05, 3.63) is 71.8 Å². The normalized spacial score (nSPS) is 14.9. The maximum atomic E-state index is 13.0. The van der Waals surface area contributed by atoms with Crippen LogP contribution in [0, 0.1) is 5.92 Å². The second-order valence-electron chi connectivity index (χ2n) is 8.71. The zero-order chi connectivity index (χ0) is 29.2. The standard InChI is InChI=1S/C18H14O8.C8H13F2NO2/c19-15(20)13(25-17(23)11-7-3-1-4-8-11)14(16(21)22)26-18(24)12-9-5-2-6-10-12;9-8(10,3-5-1-2-5)4-6(11)7(12)13/h1-10,13-14H,(H,19,20)(H,21,22);5-6H,1-4,11H2,(H,12,13)/t13-,14-;6-/m10/s1. The molecule has 210 valence electrons. The van der Waals surface area contributed by atoms with Crippen LogP contribution in [0.3, 0.4) is 0 Å². The molecule has 0 bridgehead atoms. The van der Waals surface area contributed by atoms with Gasteiger partial charge in [-0.2, -0.15) is 0 Å². The number of esters is 2. The molecule has 0 heterocycles. The number of carbonyl (C=O) groups is 5. The zero-order valence-corrected chi connectivity index (χ0v) is 20.4. The Hall–Kier alpha value is -4.39. The number of halogens is 2. The summed E-state index contributed by atoms with van der Waals surface area (Å²) in [6.45, 7) is 0. The summed E-state index contributed by atoms with van der Waals surface area (Å²) < 4.78 is 35.5. The number of ether oxygens (including phenoxy) is 2. The van der Waals surface area contributed by atoms with E-state index in [9.17, 15) is 43.0 Å². The molecule has 3 rings (SSSR count). The van der Waals surface area contributed by atoms with E-state index in [1.165, 1.54) is 48.5 Å². The number of rotatable bonds is 12. The van der Waals surface area contributed by atoms with E-state index >= 15 is 0 Å². The highest BCUT2D eigenvalue weighted by Crippen LogP contribution is 2.40. The van der Waals surface area contributed by atoms with Crippen LogP contribution < -0.4 is 5.73 Å². The molecule has 0 aliphatic heterocycles. The summed E-state index contributed by atoms with van der Waals surface area (Å²) in [6, 6.07) is 13.4. The summed E-state index contributed by atoms with van der Waals surface area (Å²) in [4.78, 5) is 57.1. The molecular weight excluding hydrogens is 524 g/mol. The minimum absolute atomic E-state index is 0.0253. The van der Waals surface area contributed by atoms with Crippen LogP contribution in [0.2, 0.25) is 0 Å². The Balaban J connectivity index is 0.000000344. The molecule has 11 nitrogen and oxygen atoms in total. The topological polar surface area (TPSA) is 191 Å². The maximum Gasteiger partial charge on any atom is 0.349 e. The molecule has 2 aromatic carbocycles. The van der Waals surface area contributed by atoms with E-state index in [-0.39, 0.29) is 23.5 Å². The number of hydrogen-bond acceptors (Lipinski definition) is 8. The lowest BCUT2D eigenvalue weighted by Crippen LogP contribution is -2.45. The number of alkyl halides is 2. The van der Waals surface area contributed by atoms with Gasteiger partial charge < -0.3 is 30.5 Å². The summed E-state index contributed by atoms with van der Waals surface area (Å²) >= 11 is 0. The van der Waals surface area contributed by atoms with Crippen LogP contribution in [0.4, 0.5) is 8.78 Å². The Bertz CT molecular complexity index is 1090. The van der Waals surface area contributed by atoms with Crippen LogP contribution in [0.1, 0.15) is 46.4 Å². The molecule has 1 aliphatic rings. The Morgan fingerprint density at radius 1 is 0.769 bits per heavy atom. The van der Waals surface area contributed by atoms with Crippen molar-refractivity contribution < 1.29 is 57.5 Å². The number of carboxylic acids is 3. The van der Waals surface area contributed by atoms with Crippen molar-refractivity contribution in [1.82, 2.24) is 0 Å². The van der Waals surface area contributed by atoms with E-state index in [1.54, 1.807) is 12.1 Å². The summed E-state index contributed by atoms with van der Waals surface area (Å²) in [5.41, 5.74) is 5.07. The first kappa shape index (κ1) is 30.8. The van der Waals surface area contributed by atoms with Crippen LogP contribution in [-0.4, -0.2) is 69.3 Å². The maximum absolute atomic E-state index is 13.0. The quantitative estimate of drug-likeness (QED) is 0.284. The average molecular weight is 551 g/mol. The van der Waals surface area contributed by atoms with Gasteiger partial charge in [0.2, 0.25) is 12.2 Å². The van der Waals surface area contributed by atoms with Gasteiger partial charge in [-0.3, -0.25) is 4.79 Å². The molecule has 1 fully saturated rings. The zero-order valence-electron chi connectivity index (χ0n) is 20.4. The Morgan fingerprint density at radius 3 is 1.46 bits per heavy atom. The highest BCUT2D eigenvalue weighted by atomic mass is 19.3. The van der Waals surface area contributed by atoms with Gasteiger partial charge in [0, 0.05) is 12.8 Å². The molecular formula is C26H27F2NO10.